The Morgan fingerprint density at radius 1 is 1.56 bits per heavy atom. The summed E-state index contributed by atoms with van der Waals surface area (Å²) in [6.45, 7) is 4.07. The third kappa shape index (κ3) is 4.31. The molecule has 6 heteroatoms. The molecule has 0 aliphatic heterocycles. The second-order valence-electron chi connectivity index (χ2n) is 4.02. The zero-order valence-electron chi connectivity index (χ0n) is 10.8. The van der Waals surface area contributed by atoms with Crippen molar-refractivity contribution in [2.45, 2.75) is 19.9 Å². The first kappa shape index (κ1) is 14.4. The van der Waals surface area contributed by atoms with Crippen LogP contribution in [0.2, 0.25) is 0 Å². The molecule has 0 saturated carbocycles. The predicted molar refractivity (Wildman–Crippen MR) is 70.9 cm³/mol. The molecule has 1 aromatic rings. The number of hydrogen-bond donors (Lipinski definition) is 3. The molecule has 0 fully saturated rings. The van der Waals surface area contributed by atoms with Gasteiger partial charge in [-0.05, 0) is 31.5 Å². The van der Waals surface area contributed by atoms with E-state index in [1.807, 2.05) is 6.92 Å². The molecule has 0 spiro atoms. The Labute approximate surface area is 106 Å². The quantitative estimate of drug-likeness (QED) is 0.329. The molecule has 4 N–H and O–H groups in total. The van der Waals surface area contributed by atoms with Gasteiger partial charge in [0.05, 0.1) is 12.6 Å². The Hall–Kier alpha value is -1.66. The molecule has 0 aliphatic carbocycles. The fourth-order valence-corrected chi connectivity index (χ4v) is 1.41. The molecule has 1 unspecified atom stereocenters. The number of anilines is 1. The number of rotatable bonds is 4. The number of aryl methyl sites for hydroxylation is 1. The molecule has 1 aromatic carbocycles. The van der Waals surface area contributed by atoms with Crippen LogP contribution in [0.5, 0.6) is 0 Å². The minimum Gasteiger partial charge on any atom is -0.382 e. The Bertz CT molecular complexity index is 423. The molecule has 1 atom stereocenters. The van der Waals surface area contributed by atoms with Crippen LogP contribution in [0.15, 0.2) is 23.2 Å². The van der Waals surface area contributed by atoms with Crippen LogP contribution in [0.25, 0.3) is 0 Å². The standard InChI is InChI=1S/C12H19FN4O/c1-8-4-5-10(6-11(8)13)16-12(17-14)15-9(2)7-18-3/h4-6,9H,7,14H2,1-3H3,(H2,15,16,17). The van der Waals surface area contributed by atoms with Crippen molar-refractivity contribution in [1.82, 2.24) is 5.43 Å². The van der Waals surface area contributed by atoms with Gasteiger partial charge in [0.2, 0.25) is 5.96 Å². The highest BCUT2D eigenvalue weighted by Crippen LogP contribution is 2.13. The van der Waals surface area contributed by atoms with E-state index in [0.29, 0.717) is 23.8 Å². The molecule has 0 aliphatic rings. The van der Waals surface area contributed by atoms with Gasteiger partial charge in [-0.1, -0.05) is 6.07 Å². The number of methoxy groups -OCH3 is 1. The third-order valence-corrected chi connectivity index (χ3v) is 2.33. The summed E-state index contributed by atoms with van der Waals surface area (Å²) in [5.74, 6) is 5.44. The molecule has 0 radical (unpaired) electrons. The number of nitrogens with two attached hydrogens (primary N) is 1. The molecular weight excluding hydrogens is 235 g/mol. The first-order valence-corrected chi connectivity index (χ1v) is 5.63. The van der Waals surface area contributed by atoms with Gasteiger partial charge in [0, 0.05) is 12.8 Å². The van der Waals surface area contributed by atoms with Gasteiger partial charge in [-0.15, -0.1) is 0 Å². The normalized spacial score (nSPS) is 13.3. The van der Waals surface area contributed by atoms with Gasteiger partial charge in [0.1, 0.15) is 5.82 Å². The molecule has 100 valence electrons. The molecule has 18 heavy (non-hydrogen) atoms. The van der Waals surface area contributed by atoms with Crippen molar-refractivity contribution in [2.24, 2.45) is 10.8 Å². The number of nitrogens with zero attached hydrogens (tertiary/aromatic N) is 1. The number of halogens is 1. The maximum absolute atomic E-state index is 13.4. The topological polar surface area (TPSA) is 71.7 Å². The largest absolute Gasteiger partial charge is 0.382 e. The molecule has 0 heterocycles. The Balaban J connectivity index is 2.76. The summed E-state index contributed by atoms with van der Waals surface area (Å²) in [5, 5.41) is 2.90. The minimum atomic E-state index is -0.277. The molecule has 5 nitrogen and oxygen atoms in total. The summed E-state index contributed by atoms with van der Waals surface area (Å²) < 4.78 is 18.3. The van der Waals surface area contributed by atoms with Gasteiger partial charge in [-0.2, -0.15) is 0 Å². The summed E-state index contributed by atoms with van der Waals surface area (Å²) in [7, 11) is 1.60. The first-order chi connectivity index (χ1) is 8.56. The summed E-state index contributed by atoms with van der Waals surface area (Å²) >= 11 is 0. The minimum absolute atomic E-state index is 0.0520. The molecule has 0 saturated heterocycles. The van der Waals surface area contributed by atoms with Crippen LogP contribution in [-0.4, -0.2) is 25.7 Å². The lowest BCUT2D eigenvalue weighted by atomic mass is 10.2. The van der Waals surface area contributed by atoms with Crippen molar-refractivity contribution >= 4 is 11.6 Å². The molecule has 0 aromatic heterocycles. The number of hydrogen-bond acceptors (Lipinski definition) is 3. The lowest BCUT2D eigenvalue weighted by Gasteiger charge is -2.12. The summed E-state index contributed by atoms with van der Waals surface area (Å²) in [5.41, 5.74) is 3.61. The van der Waals surface area contributed by atoms with Crippen molar-refractivity contribution in [2.75, 3.05) is 19.0 Å². The van der Waals surface area contributed by atoms with Gasteiger partial charge in [-0.3, -0.25) is 5.43 Å². The van der Waals surface area contributed by atoms with E-state index in [1.165, 1.54) is 6.07 Å². The van der Waals surface area contributed by atoms with Crippen molar-refractivity contribution in [3.63, 3.8) is 0 Å². The van der Waals surface area contributed by atoms with E-state index >= 15 is 0 Å². The monoisotopic (exact) mass is 254 g/mol. The second-order valence-corrected chi connectivity index (χ2v) is 4.02. The van der Waals surface area contributed by atoms with Crippen LogP contribution in [0.3, 0.4) is 0 Å². The highest BCUT2D eigenvalue weighted by atomic mass is 19.1. The Morgan fingerprint density at radius 3 is 2.83 bits per heavy atom. The SMILES string of the molecule is COCC(C)N=C(NN)Nc1ccc(C)c(F)c1. The summed E-state index contributed by atoms with van der Waals surface area (Å²) in [6.07, 6.45) is 0. The Morgan fingerprint density at radius 2 is 2.28 bits per heavy atom. The first-order valence-electron chi connectivity index (χ1n) is 5.63. The van der Waals surface area contributed by atoms with Crippen LogP contribution in [0.1, 0.15) is 12.5 Å². The fourth-order valence-electron chi connectivity index (χ4n) is 1.41. The summed E-state index contributed by atoms with van der Waals surface area (Å²) in [4.78, 5) is 4.25. The van der Waals surface area contributed by atoms with Gasteiger partial charge in [-0.25, -0.2) is 15.2 Å². The van der Waals surface area contributed by atoms with Crippen molar-refractivity contribution in [1.29, 1.82) is 0 Å². The van der Waals surface area contributed by atoms with Crippen molar-refractivity contribution < 1.29 is 9.13 Å². The lowest BCUT2D eigenvalue weighted by Crippen LogP contribution is -2.37. The van der Waals surface area contributed by atoms with Gasteiger partial charge in [0.15, 0.2) is 0 Å². The number of aliphatic imine (C=N–C) groups is 1. The third-order valence-electron chi connectivity index (χ3n) is 2.33. The number of benzene rings is 1. The summed E-state index contributed by atoms with van der Waals surface area (Å²) in [6, 6.07) is 4.78. The van der Waals surface area contributed by atoms with E-state index in [2.05, 4.69) is 15.7 Å². The van der Waals surface area contributed by atoms with Crippen LogP contribution >= 0.6 is 0 Å². The predicted octanol–water partition coefficient (Wildman–Crippen LogP) is 1.40. The van der Waals surface area contributed by atoms with Crippen molar-refractivity contribution in [3.05, 3.63) is 29.6 Å². The average Bonchev–Trinajstić information content (AvgIpc) is 2.33. The van der Waals surface area contributed by atoms with Gasteiger partial charge >= 0.3 is 0 Å². The van der Waals surface area contributed by atoms with Gasteiger partial charge in [0.25, 0.3) is 0 Å². The zero-order chi connectivity index (χ0) is 13.5. The van der Waals surface area contributed by atoms with E-state index < -0.39 is 0 Å². The molecular formula is C12H19FN4O. The zero-order valence-corrected chi connectivity index (χ0v) is 10.8. The highest BCUT2D eigenvalue weighted by molar-refractivity contribution is 5.93. The number of hydrazine groups is 1. The number of nitrogens with one attached hydrogen (secondary N) is 2. The lowest BCUT2D eigenvalue weighted by molar-refractivity contribution is 0.185. The van der Waals surface area contributed by atoms with Crippen molar-refractivity contribution in [3.8, 4) is 0 Å². The van der Waals surface area contributed by atoms with Crippen LogP contribution in [0, 0.1) is 12.7 Å². The maximum atomic E-state index is 13.4. The fraction of sp³-hybridized carbons (Fsp3) is 0.417. The maximum Gasteiger partial charge on any atom is 0.210 e. The molecule has 1 rings (SSSR count). The van der Waals surface area contributed by atoms with E-state index in [9.17, 15) is 4.39 Å². The van der Waals surface area contributed by atoms with Crippen LogP contribution < -0.4 is 16.6 Å². The number of guanidine groups is 1. The average molecular weight is 254 g/mol. The second kappa shape index (κ2) is 6.93. The smallest absolute Gasteiger partial charge is 0.210 e. The van der Waals surface area contributed by atoms with Crippen LogP contribution in [0.4, 0.5) is 10.1 Å². The molecule has 0 bridgehead atoms. The van der Waals surface area contributed by atoms with E-state index in [4.69, 9.17) is 10.6 Å². The molecule has 0 amide bonds. The number of ether oxygens (including phenoxy) is 1. The van der Waals surface area contributed by atoms with Gasteiger partial charge < -0.3 is 10.1 Å². The van der Waals surface area contributed by atoms with E-state index in [1.54, 1.807) is 26.2 Å². The van der Waals surface area contributed by atoms with Crippen LogP contribution in [-0.2, 0) is 4.74 Å². The Kier molecular flexibility index (Phi) is 5.54. The van der Waals surface area contributed by atoms with E-state index in [-0.39, 0.29) is 11.9 Å². The highest BCUT2D eigenvalue weighted by Gasteiger charge is 2.04. The van der Waals surface area contributed by atoms with E-state index in [0.717, 1.165) is 0 Å².